The molecule has 0 atom stereocenters. The van der Waals surface area contributed by atoms with Gasteiger partial charge in [0.15, 0.2) is 0 Å². The van der Waals surface area contributed by atoms with E-state index in [1.807, 2.05) is 36.4 Å². The molecule has 0 amide bonds. The molecule has 0 saturated carbocycles. The topological polar surface area (TPSA) is 64.2 Å². The fourth-order valence-corrected chi connectivity index (χ4v) is 3.81. The standard InChI is InChI=1S/C22H16BrClN2O3/c1-28-19-8-6-13(21-25-18-5-3-2-4-16(18)22(27)26-21)10-14(19)12-29-20-9-7-15(24)11-17(20)23/h2-11H,12H2,1H3,(H,25,26,27). The Hall–Kier alpha value is -2.83. The first-order valence-corrected chi connectivity index (χ1v) is 9.96. The van der Waals surface area contributed by atoms with E-state index in [0.717, 1.165) is 15.6 Å². The Bertz CT molecular complexity index is 1260. The lowest BCUT2D eigenvalue weighted by atomic mass is 10.1. The molecule has 1 aromatic heterocycles. The second kappa shape index (κ2) is 8.27. The molecular formula is C22H16BrClN2O3. The van der Waals surface area contributed by atoms with E-state index in [1.54, 1.807) is 31.4 Å². The van der Waals surface area contributed by atoms with Crippen LogP contribution >= 0.6 is 27.5 Å². The van der Waals surface area contributed by atoms with Crippen LogP contribution in [0.1, 0.15) is 5.56 Å². The summed E-state index contributed by atoms with van der Waals surface area (Å²) in [5, 5.41) is 1.18. The van der Waals surface area contributed by atoms with Crippen LogP contribution in [0.2, 0.25) is 5.02 Å². The number of fused-ring (bicyclic) bond motifs is 1. The molecule has 0 aliphatic rings. The van der Waals surface area contributed by atoms with Gasteiger partial charge in [0, 0.05) is 16.1 Å². The monoisotopic (exact) mass is 470 g/mol. The van der Waals surface area contributed by atoms with Gasteiger partial charge in [-0.15, -0.1) is 0 Å². The van der Waals surface area contributed by atoms with E-state index in [9.17, 15) is 4.79 Å². The Morgan fingerprint density at radius 3 is 2.66 bits per heavy atom. The largest absolute Gasteiger partial charge is 0.496 e. The van der Waals surface area contributed by atoms with E-state index in [-0.39, 0.29) is 12.2 Å². The SMILES string of the molecule is COc1ccc(-c2nc3ccccc3c(=O)[nH]2)cc1COc1ccc(Cl)cc1Br. The van der Waals surface area contributed by atoms with Gasteiger partial charge in [-0.25, -0.2) is 4.98 Å². The fourth-order valence-electron chi connectivity index (χ4n) is 3.01. The van der Waals surface area contributed by atoms with Crippen molar-refractivity contribution in [2.45, 2.75) is 6.61 Å². The van der Waals surface area contributed by atoms with Crippen LogP contribution in [0.25, 0.3) is 22.3 Å². The van der Waals surface area contributed by atoms with Crippen molar-refractivity contribution in [3.05, 3.63) is 86.1 Å². The molecule has 0 saturated heterocycles. The number of para-hydroxylation sites is 1. The number of ether oxygens (including phenoxy) is 2. The second-order valence-corrected chi connectivity index (χ2v) is 7.61. The van der Waals surface area contributed by atoms with E-state index in [1.165, 1.54) is 0 Å². The third-order valence-electron chi connectivity index (χ3n) is 4.44. The van der Waals surface area contributed by atoms with Crippen molar-refractivity contribution in [3.8, 4) is 22.9 Å². The molecule has 0 fully saturated rings. The van der Waals surface area contributed by atoms with Crippen molar-refractivity contribution in [2.75, 3.05) is 7.11 Å². The first kappa shape index (κ1) is 19.5. The summed E-state index contributed by atoms with van der Waals surface area (Å²) in [5.41, 5.74) is 2.05. The van der Waals surface area contributed by atoms with Crippen LogP contribution < -0.4 is 15.0 Å². The zero-order valence-corrected chi connectivity index (χ0v) is 17.8. The molecule has 0 aliphatic heterocycles. The maximum absolute atomic E-state index is 12.4. The van der Waals surface area contributed by atoms with Gasteiger partial charge in [-0.2, -0.15) is 0 Å². The van der Waals surface area contributed by atoms with Gasteiger partial charge in [-0.05, 0) is 64.5 Å². The molecule has 0 radical (unpaired) electrons. The number of hydrogen-bond donors (Lipinski definition) is 1. The molecule has 29 heavy (non-hydrogen) atoms. The lowest BCUT2D eigenvalue weighted by Gasteiger charge is -2.13. The molecule has 1 N–H and O–H groups in total. The smallest absolute Gasteiger partial charge is 0.259 e. The molecule has 0 spiro atoms. The zero-order valence-electron chi connectivity index (χ0n) is 15.4. The zero-order chi connectivity index (χ0) is 20.4. The third kappa shape index (κ3) is 4.13. The Morgan fingerprint density at radius 1 is 1.07 bits per heavy atom. The maximum Gasteiger partial charge on any atom is 0.259 e. The molecule has 7 heteroatoms. The minimum Gasteiger partial charge on any atom is -0.496 e. The number of nitrogens with one attached hydrogen (secondary N) is 1. The normalized spacial score (nSPS) is 10.9. The number of methoxy groups -OCH3 is 1. The van der Waals surface area contributed by atoms with Crippen LogP contribution in [0.15, 0.2) is 69.9 Å². The van der Waals surface area contributed by atoms with E-state index in [0.29, 0.717) is 33.2 Å². The van der Waals surface area contributed by atoms with Gasteiger partial charge in [0.2, 0.25) is 0 Å². The van der Waals surface area contributed by atoms with Crippen molar-refractivity contribution < 1.29 is 9.47 Å². The van der Waals surface area contributed by atoms with Gasteiger partial charge in [-0.1, -0.05) is 23.7 Å². The molecule has 4 rings (SSSR count). The van der Waals surface area contributed by atoms with Gasteiger partial charge >= 0.3 is 0 Å². The number of rotatable bonds is 5. The summed E-state index contributed by atoms with van der Waals surface area (Å²) in [6, 6.07) is 18.2. The van der Waals surface area contributed by atoms with E-state index in [2.05, 4.69) is 25.9 Å². The van der Waals surface area contributed by atoms with E-state index >= 15 is 0 Å². The Labute approximate surface area is 180 Å². The summed E-state index contributed by atoms with van der Waals surface area (Å²) in [5.74, 6) is 1.84. The van der Waals surface area contributed by atoms with Crippen LogP contribution in [0.5, 0.6) is 11.5 Å². The highest BCUT2D eigenvalue weighted by Gasteiger charge is 2.11. The number of aromatic amines is 1. The van der Waals surface area contributed by atoms with Crippen molar-refractivity contribution in [3.63, 3.8) is 0 Å². The number of H-pyrrole nitrogens is 1. The van der Waals surface area contributed by atoms with Crippen molar-refractivity contribution in [1.29, 1.82) is 0 Å². The molecular weight excluding hydrogens is 456 g/mol. The number of benzene rings is 3. The predicted octanol–water partition coefficient (Wildman–Crippen LogP) is 5.59. The molecule has 0 unspecified atom stereocenters. The van der Waals surface area contributed by atoms with Crippen molar-refractivity contribution in [1.82, 2.24) is 9.97 Å². The summed E-state index contributed by atoms with van der Waals surface area (Å²) in [4.78, 5) is 19.8. The molecule has 146 valence electrons. The van der Waals surface area contributed by atoms with Crippen LogP contribution in [0.4, 0.5) is 0 Å². The van der Waals surface area contributed by atoms with E-state index < -0.39 is 0 Å². The minimum absolute atomic E-state index is 0.177. The van der Waals surface area contributed by atoms with Gasteiger partial charge in [0.1, 0.15) is 23.9 Å². The summed E-state index contributed by atoms with van der Waals surface area (Å²) in [6.07, 6.45) is 0. The number of hydrogen-bond acceptors (Lipinski definition) is 4. The summed E-state index contributed by atoms with van der Waals surface area (Å²) < 4.78 is 12.2. The average molecular weight is 472 g/mol. The molecule has 4 aromatic rings. The number of aromatic nitrogens is 2. The van der Waals surface area contributed by atoms with Crippen LogP contribution in [-0.4, -0.2) is 17.1 Å². The third-order valence-corrected chi connectivity index (χ3v) is 5.30. The van der Waals surface area contributed by atoms with Crippen LogP contribution in [0, 0.1) is 0 Å². The average Bonchev–Trinajstić information content (AvgIpc) is 2.73. The lowest BCUT2D eigenvalue weighted by molar-refractivity contribution is 0.295. The second-order valence-electron chi connectivity index (χ2n) is 6.32. The van der Waals surface area contributed by atoms with Gasteiger partial charge < -0.3 is 14.5 Å². The molecule has 1 heterocycles. The molecule has 3 aromatic carbocycles. The first-order valence-electron chi connectivity index (χ1n) is 8.79. The first-order chi connectivity index (χ1) is 14.0. The minimum atomic E-state index is -0.177. The predicted molar refractivity (Wildman–Crippen MR) is 118 cm³/mol. The molecule has 0 aliphatic carbocycles. The highest BCUT2D eigenvalue weighted by atomic mass is 79.9. The van der Waals surface area contributed by atoms with Crippen molar-refractivity contribution >= 4 is 38.4 Å². The molecule has 0 bridgehead atoms. The van der Waals surface area contributed by atoms with Crippen LogP contribution in [0.3, 0.4) is 0 Å². The summed E-state index contributed by atoms with van der Waals surface area (Å²) in [6.45, 7) is 0.273. The van der Waals surface area contributed by atoms with Crippen molar-refractivity contribution in [2.24, 2.45) is 0 Å². The lowest BCUT2D eigenvalue weighted by Crippen LogP contribution is -2.09. The Kier molecular flexibility index (Phi) is 5.56. The Balaban J connectivity index is 1.69. The Morgan fingerprint density at radius 2 is 1.86 bits per heavy atom. The summed E-state index contributed by atoms with van der Waals surface area (Å²) in [7, 11) is 1.60. The number of nitrogens with zero attached hydrogens (tertiary/aromatic N) is 1. The number of halogens is 2. The summed E-state index contributed by atoms with van der Waals surface area (Å²) >= 11 is 9.43. The molecule has 5 nitrogen and oxygen atoms in total. The van der Waals surface area contributed by atoms with E-state index in [4.69, 9.17) is 21.1 Å². The highest BCUT2D eigenvalue weighted by molar-refractivity contribution is 9.10. The van der Waals surface area contributed by atoms with Gasteiger partial charge in [0.25, 0.3) is 5.56 Å². The quantitative estimate of drug-likeness (QED) is 0.412. The van der Waals surface area contributed by atoms with Gasteiger partial charge in [-0.3, -0.25) is 4.79 Å². The highest BCUT2D eigenvalue weighted by Crippen LogP contribution is 2.31. The fraction of sp³-hybridized carbons (Fsp3) is 0.0909. The van der Waals surface area contributed by atoms with Crippen LogP contribution in [-0.2, 0) is 6.61 Å². The van der Waals surface area contributed by atoms with Gasteiger partial charge in [0.05, 0.1) is 22.5 Å². The maximum atomic E-state index is 12.4.